The number of carbonyl (C=O) groups excluding carboxylic acids is 3. The van der Waals surface area contributed by atoms with Crippen LogP contribution < -0.4 is 5.73 Å². The van der Waals surface area contributed by atoms with Crippen LogP contribution >= 0.6 is 11.8 Å². The van der Waals surface area contributed by atoms with Crippen molar-refractivity contribution < 1.29 is 19.1 Å². The Morgan fingerprint density at radius 2 is 2.09 bits per heavy atom. The fourth-order valence-corrected chi connectivity index (χ4v) is 3.95. The van der Waals surface area contributed by atoms with Crippen molar-refractivity contribution in [3.05, 3.63) is 0 Å². The van der Waals surface area contributed by atoms with Gasteiger partial charge in [-0.2, -0.15) is 11.8 Å². The van der Waals surface area contributed by atoms with Crippen LogP contribution in [-0.2, 0) is 14.3 Å². The predicted molar refractivity (Wildman–Crippen MR) is 83.3 cm³/mol. The second kappa shape index (κ2) is 7.71. The largest absolute Gasteiger partial charge is 0.464 e. The fourth-order valence-electron chi connectivity index (χ4n) is 2.91. The Morgan fingerprint density at radius 3 is 2.77 bits per heavy atom. The van der Waals surface area contributed by atoms with Gasteiger partial charge >= 0.3 is 12.0 Å². The smallest absolute Gasteiger partial charge is 0.329 e. The molecule has 0 radical (unpaired) electrons. The Hall–Kier alpha value is -1.44. The number of nitrogens with zero attached hydrogens (tertiary/aromatic N) is 2. The van der Waals surface area contributed by atoms with E-state index in [9.17, 15) is 14.4 Å². The van der Waals surface area contributed by atoms with E-state index in [1.54, 1.807) is 23.6 Å². The quantitative estimate of drug-likeness (QED) is 0.751. The van der Waals surface area contributed by atoms with Gasteiger partial charge in [0.25, 0.3) is 0 Å². The molecular weight excluding hydrogens is 306 g/mol. The van der Waals surface area contributed by atoms with Crippen LogP contribution in [0.25, 0.3) is 0 Å². The SMILES string of the molecule is CCOC(=O)[C@H]1CSCCN1C(=O)[C@H]1CCCN(C(N)=O)C1. The highest BCUT2D eigenvalue weighted by molar-refractivity contribution is 7.99. The third-order valence-corrected chi connectivity index (χ3v) is 5.08. The van der Waals surface area contributed by atoms with Crippen LogP contribution in [0, 0.1) is 5.92 Å². The Bertz CT molecular complexity index is 446. The van der Waals surface area contributed by atoms with Crippen molar-refractivity contribution in [1.82, 2.24) is 9.80 Å². The summed E-state index contributed by atoms with van der Waals surface area (Å²) in [5.74, 6) is 0.696. The first-order chi connectivity index (χ1) is 10.5. The van der Waals surface area contributed by atoms with Crippen LogP contribution in [0.5, 0.6) is 0 Å². The maximum atomic E-state index is 12.8. The van der Waals surface area contributed by atoms with Gasteiger partial charge in [-0.05, 0) is 19.8 Å². The van der Waals surface area contributed by atoms with Gasteiger partial charge in [0, 0.05) is 31.1 Å². The van der Waals surface area contributed by atoms with Crippen molar-refractivity contribution in [2.24, 2.45) is 11.7 Å². The lowest BCUT2D eigenvalue weighted by Gasteiger charge is -2.38. The van der Waals surface area contributed by atoms with Crippen LogP contribution in [0.2, 0.25) is 0 Å². The number of thioether (sulfide) groups is 1. The molecule has 0 unspecified atom stereocenters. The van der Waals surface area contributed by atoms with Gasteiger partial charge in [0.1, 0.15) is 6.04 Å². The number of esters is 1. The van der Waals surface area contributed by atoms with E-state index in [0.717, 1.165) is 18.6 Å². The molecule has 2 aliphatic rings. The maximum absolute atomic E-state index is 12.8. The normalized spacial score (nSPS) is 25.7. The number of amides is 3. The van der Waals surface area contributed by atoms with Gasteiger partial charge in [0.15, 0.2) is 0 Å². The Labute approximate surface area is 134 Å². The molecule has 0 spiro atoms. The number of carbonyl (C=O) groups is 3. The summed E-state index contributed by atoms with van der Waals surface area (Å²) in [7, 11) is 0. The Kier molecular flexibility index (Phi) is 5.93. The molecule has 2 aliphatic heterocycles. The molecule has 2 saturated heterocycles. The van der Waals surface area contributed by atoms with Gasteiger partial charge in [-0.15, -0.1) is 0 Å². The van der Waals surface area contributed by atoms with Crippen molar-refractivity contribution in [2.45, 2.75) is 25.8 Å². The minimum Gasteiger partial charge on any atom is -0.464 e. The number of urea groups is 1. The van der Waals surface area contributed by atoms with E-state index in [1.165, 1.54) is 4.90 Å². The second-order valence-corrected chi connectivity index (χ2v) is 6.65. The van der Waals surface area contributed by atoms with E-state index >= 15 is 0 Å². The van der Waals surface area contributed by atoms with Gasteiger partial charge in [0.2, 0.25) is 5.91 Å². The first-order valence-corrected chi connectivity index (χ1v) is 8.79. The summed E-state index contributed by atoms with van der Waals surface area (Å²) in [6.45, 7) is 3.54. The summed E-state index contributed by atoms with van der Waals surface area (Å²) in [5, 5.41) is 0. The van der Waals surface area contributed by atoms with E-state index in [1.807, 2.05) is 0 Å². The van der Waals surface area contributed by atoms with Crippen LogP contribution in [0.15, 0.2) is 0 Å². The zero-order chi connectivity index (χ0) is 16.1. The molecule has 3 amide bonds. The zero-order valence-corrected chi connectivity index (χ0v) is 13.6. The summed E-state index contributed by atoms with van der Waals surface area (Å²) < 4.78 is 5.08. The Morgan fingerprint density at radius 1 is 1.32 bits per heavy atom. The highest BCUT2D eigenvalue weighted by Crippen LogP contribution is 2.24. The highest BCUT2D eigenvalue weighted by Gasteiger charge is 2.38. The minimum atomic E-state index is -0.518. The lowest BCUT2D eigenvalue weighted by atomic mass is 9.96. The van der Waals surface area contributed by atoms with Crippen LogP contribution in [0.1, 0.15) is 19.8 Å². The predicted octanol–water partition coefficient (Wildman–Crippen LogP) is 0.284. The summed E-state index contributed by atoms with van der Waals surface area (Å²) in [6.07, 6.45) is 1.48. The third-order valence-electron chi connectivity index (χ3n) is 4.05. The van der Waals surface area contributed by atoms with Crippen LogP contribution in [0.4, 0.5) is 4.79 Å². The zero-order valence-electron chi connectivity index (χ0n) is 12.8. The van der Waals surface area contributed by atoms with Gasteiger partial charge in [0.05, 0.1) is 12.5 Å². The molecule has 0 aromatic heterocycles. The number of nitrogens with two attached hydrogens (primary N) is 1. The van der Waals surface area contributed by atoms with Crippen molar-refractivity contribution >= 4 is 29.7 Å². The van der Waals surface area contributed by atoms with Crippen molar-refractivity contribution in [3.63, 3.8) is 0 Å². The molecule has 0 aromatic carbocycles. The molecule has 7 nitrogen and oxygen atoms in total. The minimum absolute atomic E-state index is 0.0655. The molecule has 2 heterocycles. The van der Waals surface area contributed by atoms with E-state index < -0.39 is 12.1 Å². The molecule has 124 valence electrons. The molecule has 8 heteroatoms. The molecule has 0 aliphatic carbocycles. The average Bonchev–Trinajstić information content (AvgIpc) is 2.54. The maximum Gasteiger partial charge on any atom is 0.329 e. The summed E-state index contributed by atoms with van der Waals surface area (Å²) in [5.41, 5.74) is 5.31. The standard InChI is InChI=1S/C14H23N3O4S/c1-2-21-13(19)11-9-22-7-6-17(11)12(18)10-4-3-5-16(8-10)14(15)20/h10-11H,2-9H2,1H3,(H2,15,20)/t10-,11+/m0/s1. The molecular formula is C14H23N3O4S. The number of likely N-dealkylation sites (tertiary alicyclic amines) is 1. The monoisotopic (exact) mass is 329 g/mol. The first-order valence-electron chi connectivity index (χ1n) is 7.63. The van der Waals surface area contributed by atoms with E-state index in [0.29, 0.717) is 32.0 Å². The molecule has 2 rings (SSSR count). The van der Waals surface area contributed by atoms with Gasteiger partial charge in [-0.25, -0.2) is 9.59 Å². The molecule has 22 heavy (non-hydrogen) atoms. The van der Waals surface area contributed by atoms with Crippen molar-refractivity contribution in [2.75, 3.05) is 37.7 Å². The lowest BCUT2D eigenvalue weighted by molar-refractivity contribution is -0.155. The van der Waals surface area contributed by atoms with Crippen molar-refractivity contribution in [1.29, 1.82) is 0 Å². The van der Waals surface area contributed by atoms with E-state index in [2.05, 4.69) is 0 Å². The van der Waals surface area contributed by atoms with Crippen molar-refractivity contribution in [3.8, 4) is 0 Å². The number of hydrogen-bond donors (Lipinski definition) is 1. The summed E-state index contributed by atoms with van der Waals surface area (Å²) in [6, 6.07) is -1.01. The molecule has 2 fully saturated rings. The van der Waals surface area contributed by atoms with E-state index in [4.69, 9.17) is 10.5 Å². The molecule has 2 N–H and O–H groups in total. The number of hydrogen-bond acceptors (Lipinski definition) is 5. The Balaban J connectivity index is 2.05. The fraction of sp³-hybridized carbons (Fsp3) is 0.786. The molecule has 0 bridgehead atoms. The number of primary amides is 1. The topological polar surface area (TPSA) is 92.9 Å². The van der Waals surface area contributed by atoms with Gasteiger partial charge in [-0.3, -0.25) is 4.79 Å². The average molecular weight is 329 g/mol. The van der Waals surface area contributed by atoms with E-state index in [-0.39, 0.29) is 17.8 Å². The van der Waals surface area contributed by atoms with Gasteiger partial charge in [-0.1, -0.05) is 0 Å². The highest BCUT2D eigenvalue weighted by atomic mass is 32.2. The number of ether oxygens (including phenoxy) is 1. The first kappa shape index (κ1) is 16.9. The number of rotatable bonds is 3. The molecule has 0 saturated carbocycles. The van der Waals surface area contributed by atoms with Gasteiger partial charge < -0.3 is 20.3 Å². The summed E-state index contributed by atoms with van der Waals surface area (Å²) in [4.78, 5) is 39.3. The lowest BCUT2D eigenvalue weighted by Crippen LogP contribution is -2.55. The summed E-state index contributed by atoms with van der Waals surface area (Å²) >= 11 is 1.65. The molecule has 2 atom stereocenters. The number of piperidine rings is 1. The second-order valence-electron chi connectivity index (χ2n) is 5.50. The van der Waals surface area contributed by atoms with Crippen LogP contribution in [0.3, 0.4) is 0 Å². The third kappa shape index (κ3) is 3.85. The molecule has 0 aromatic rings. The van der Waals surface area contributed by atoms with Crippen LogP contribution in [-0.4, -0.2) is 71.5 Å².